The van der Waals surface area contributed by atoms with Gasteiger partial charge in [0, 0.05) is 33.1 Å². The molecule has 0 aliphatic carbocycles. The maximum absolute atomic E-state index is 13.1. The number of rotatable bonds is 3. The van der Waals surface area contributed by atoms with Gasteiger partial charge in [-0.25, -0.2) is 8.42 Å². The summed E-state index contributed by atoms with van der Waals surface area (Å²) < 4.78 is 65.4. The molecule has 0 aromatic heterocycles. The van der Waals surface area contributed by atoms with Gasteiger partial charge in [-0.15, -0.1) is 0 Å². The Morgan fingerprint density at radius 3 is 2.21 bits per heavy atom. The number of hydrogen-bond acceptors (Lipinski definition) is 3. The quantitative estimate of drug-likeness (QED) is 0.826. The van der Waals surface area contributed by atoms with Crippen LogP contribution in [0.5, 0.6) is 0 Å². The van der Waals surface area contributed by atoms with E-state index in [-0.39, 0.29) is 24.9 Å². The number of halogens is 3. The number of alkyl halides is 3. The van der Waals surface area contributed by atoms with E-state index in [4.69, 9.17) is 0 Å². The van der Waals surface area contributed by atoms with Gasteiger partial charge >= 0.3 is 6.18 Å². The van der Waals surface area contributed by atoms with Gasteiger partial charge in [-0.2, -0.15) is 17.5 Å². The first-order valence-electron chi connectivity index (χ1n) is 7.42. The smallest absolute Gasteiger partial charge is 0.349 e. The van der Waals surface area contributed by atoms with Crippen molar-refractivity contribution in [3.63, 3.8) is 0 Å². The van der Waals surface area contributed by atoms with E-state index in [1.165, 1.54) is 11.0 Å². The van der Waals surface area contributed by atoms with E-state index in [9.17, 15) is 26.4 Å². The molecule has 134 valence electrons. The van der Waals surface area contributed by atoms with Crippen molar-refractivity contribution in [2.24, 2.45) is 5.92 Å². The minimum Gasteiger partial charge on any atom is -0.349 e. The second kappa shape index (κ2) is 6.72. The fraction of sp³-hybridized carbons (Fsp3) is 0.533. The first-order chi connectivity index (χ1) is 11.0. The summed E-state index contributed by atoms with van der Waals surface area (Å²) in [7, 11) is -1.02. The van der Waals surface area contributed by atoms with Crippen LogP contribution >= 0.6 is 0 Å². The molecule has 0 unspecified atom stereocenters. The number of amides is 1. The van der Waals surface area contributed by atoms with Gasteiger partial charge < -0.3 is 4.90 Å². The molecule has 1 aromatic rings. The fourth-order valence-electron chi connectivity index (χ4n) is 2.77. The summed E-state index contributed by atoms with van der Waals surface area (Å²) in [6.45, 7) is 0.0531. The molecule has 0 spiro atoms. The van der Waals surface area contributed by atoms with E-state index < -0.39 is 26.7 Å². The molecule has 24 heavy (non-hydrogen) atoms. The lowest BCUT2D eigenvalue weighted by Crippen LogP contribution is -2.43. The standard InChI is InChI=1S/C15H19F3N2O3S/c1-19(2)14(21)11-7-9-20(10-8-11)24(22,23)13-6-4-3-5-12(13)15(16,17)18/h3-6,11H,7-10H2,1-2H3. The molecule has 0 N–H and O–H groups in total. The van der Waals surface area contributed by atoms with Crippen LogP contribution in [0, 0.1) is 5.92 Å². The van der Waals surface area contributed by atoms with Crippen molar-refractivity contribution in [2.45, 2.75) is 23.9 Å². The van der Waals surface area contributed by atoms with Gasteiger partial charge in [0.15, 0.2) is 0 Å². The van der Waals surface area contributed by atoms with Crippen LogP contribution in [0.2, 0.25) is 0 Å². The average molecular weight is 364 g/mol. The van der Waals surface area contributed by atoms with Gasteiger partial charge in [0.05, 0.1) is 10.5 Å². The number of sulfonamides is 1. The number of carbonyl (C=O) groups excluding carboxylic acids is 1. The normalized spacial score (nSPS) is 17.7. The molecule has 1 aliphatic heterocycles. The molecule has 2 rings (SSSR count). The summed E-state index contributed by atoms with van der Waals surface area (Å²) >= 11 is 0. The summed E-state index contributed by atoms with van der Waals surface area (Å²) in [6, 6.07) is 4.15. The van der Waals surface area contributed by atoms with E-state index in [0.717, 1.165) is 22.5 Å². The monoisotopic (exact) mass is 364 g/mol. The molecule has 0 atom stereocenters. The molecular formula is C15H19F3N2O3S. The first kappa shape index (κ1) is 18.7. The summed E-state index contributed by atoms with van der Waals surface area (Å²) in [5, 5.41) is 0. The highest BCUT2D eigenvalue weighted by atomic mass is 32.2. The summed E-state index contributed by atoms with van der Waals surface area (Å²) in [6.07, 6.45) is -4.16. The van der Waals surface area contributed by atoms with Crippen molar-refractivity contribution in [3.05, 3.63) is 29.8 Å². The Bertz CT molecular complexity index is 709. The third-order valence-electron chi connectivity index (χ3n) is 4.05. The van der Waals surface area contributed by atoms with Crippen LogP contribution in [0.4, 0.5) is 13.2 Å². The lowest BCUT2D eigenvalue weighted by molar-refractivity contribution is -0.140. The third kappa shape index (κ3) is 3.72. The van der Waals surface area contributed by atoms with Gasteiger partial charge in [-0.1, -0.05) is 12.1 Å². The molecule has 9 heteroatoms. The minimum absolute atomic E-state index is 0.0266. The van der Waals surface area contributed by atoms with E-state index >= 15 is 0 Å². The lowest BCUT2D eigenvalue weighted by atomic mass is 9.97. The number of piperidine rings is 1. The molecule has 1 aromatic carbocycles. The largest absolute Gasteiger partial charge is 0.417 e. The zero-order chi connectivity index (χ0) is 18.1. The summed E-state index contributed by atoms with van der Waals surface area (Å²) in [5.74, 6) is -0.396. The van der Waals surface area contributed by atoms with Crippen molar-refractivity contribution in [2.75, 3.05) is 27.2 Å². The molecule has 1 aliphatic rings. The topological polar surface area (TPSA) is 57.7 Å². The lowest BCUT2D eigenvalue weighted by Gasteiger charge is -2.32. The Balaban J connectivity index is 2.24. The number of benzene rings is 1. The van der Waals surface area contributed by atoms with Crippen LogP contribution in [0.1, 0.15) is 18.4 Å². The van der Waals surface area contributed by atoms with Gasteiger partial charge in [0.1, 0.15) is 0 Å². The van der Waals surface area contributed by atoms with Crippen molar-refractivity contribution in [1.29, 1.82) is 0 Å². The maximum Gasteiger partial charge on any atom is 0.417 e. The van der Waals surface area contributed by atoms with Crippen molar-refractivity contribution < 1.29 is 26.4 Å². The Morgan fingerprint density at radius 2 is 1.71 bits per heavy atom. The molecule has 1 amide bonds. The molecule has 0 bridgehead atoms. The Hall–Kier alpha value is -1.61. The zero-order valence-corrected chi connectivity index (χ0v) is 14.2. The summed E-state index contributed by atoms with van der Waals surface area (Å²) in [4.78, 5) is 12.6. The van der Waals surface area contributed by atoms with Gasteiger partial charge in [0.25, 0.3) is 0 Å². The second-order valence-electron chi connectivity index (χ2n) is 5.90. The fourth-order valence-corrected chi connectivity index (χ4v) is 4.46. The highest BCUT2D eigenvalue weighted by Crippen LogP contribution is 2.36. The molecule has 1 saturated heterocycles. The number of nitrogens with zero attached hydrogens (tertiary/aromatic N) is 2. The van der Waals surface area contributed by atoms with Crippen molar-refractivity contribution >= 4 is 15.9 Å². The number of hydrogen-bond donors (Lipinski definition) is 0. The average Bonchev–Trinajstić information content (AvgIpc) is 2.53. The van der Waals surface area contributed by atoms with Crippen LogP contribution < -0.4 is 0 Å². The van der Waals surface area contributed by atoms with E-state index in [2.05, 4.69) is 0 Å². The number of carbonyl (C=O) groups is 1. The molecular weight excluding hydrogens is 345 g/mol. The van der Waals surface area contributed by atoms with Gasteiger partial charge in [-0.3, -0.25) is 4.79 Å². The Kier molecular flexibility index (Phi) is 5.24. The van der Waals surface area contributed by atoms with Crippen molar-refractivity contribution in [1.82, 2.24) is 9.21 Å². The predicted octanol–water partition coefficient (Wildman–Crippen LogP) is 2.19. The van der Waals surface area contributed by atoms with Crippen LogP contribution in [-0.2, 0) is 21.0 Å². The minimum atomic E-state index is -4.75. The van der Waals surface area contributed by atoms with Crippen LogP contribution in [-0.4, -0.2) is 50.7 Å². The van der Waals surface area contributed by atoms with E-state index in [1.54, 1.807) is 14.1 Å². The van der Waals surface area contributed by atoms with Gasteiger partial charge in [-0.05, 0) is 25.0 Å². The van der Waals surface area contributed by atoms with Gasteiger partial charge in [0.2, 0.25) is 15.9 Å². The van der Waals surface area contributed by atoms with Crippen molar-refractivity contribution in [3.8, 4) is 0 Å². The predicted molar refractivity (Wildman–Crippen MR) is 81.6 cm³/mol. The molecule has 5 nitrogen and oxygen atoms in total. The Morgan fingerprint density at radius 1 is 1.17 bits per heavy atom. The van der Waals surface area contributed by atoms with Crippen LogP contribution in [0.15, 0.2) is 29.2 Å². The molecule has 1 heterocycles. The highest BCUT2D eigenvalue weighted by molar-refractivity contribution is 7.89. The highest BCUT2D eigenvalue weighted by Gasteiger charge is 2.40. The van der Waals surface area contributed by atoms with Crippen LogP contribution in [0.3, 0.4) is 0 Å². The molecule has 1 fully saturated rings. The summed E-state index contributed by atoms with van der Waals surface area (Å²) in [5.41, 5.74) is -1.17. The molecule has 0 saturated carbocycles. The third-order valence-corrected chi connectivity index (χ3v) is 6.01. The zero-order valence-electron chi connectivity index (χ0n) is 13.4. The maximum atomic E-state index is 13.1. The van der Waals surface area contributed by atoms with E-state index in [0.29, 0.717) is 12.8 Å². The van der Waals surface area contributed by atoms with Crippen LogP contribution in [0.25, 0.3) is 0 Å². The van der Waals surface area contributed by atoms with E-state index in [1.807, 2.05) is 0 Å². The Labute approximate surface area is 139 Å². The SMILES string of the molecule is CN(C)C(=O)C1CCN(S(=O)(=O)c2ccccc2C(F)(F)F)CC1. The first-order valence-corrected chi connectivity index (χ1v) is 8.86. The second-order valence-corrected chi connectivity index (χ2v) is 7.81. The molecule has 0 radical (unpaired) electrons.